The monoisotopic (exact) mass is 556 g/mol. The van der Waals surface area contributed by atoms with E-state index >= 15 is 0 Å². The number of hydrogen-bond donors (Lipinski definition) is 1. The summed E-state index contributed by atoms with van der Waals surface area (Å²) in [4.78, 5) is 19.6. The van der Waals surface area contributed by atoms with Gasteiger partial charge in [0.1, 0.15) is 0 Å². The smallest absolute Gasteiger partial charge is 0.335 e. The van der Waals surface area contributed by atoms with Gasteiger partial charge >= 0.3 is 5.97 Å². The van der Waals surface area contributed by atoms with Crippen LogP contribution in [0.2, 0.25) is 0 Å². The highest BCUT2D eigenvalue weighted by molar-refractivity contribution is 5.99. The van der Waals surface area contributed by atoms with Crippen molar-refractivity contribution in [2.45, 2.75) is 70.8 Å². The highest BCUT2D eigenvalue weighted by Gasteiger charge is 2.31. The number of benzene rings is 2. The fourth-order valence-corrected chi connectivity index (χ4v) is 7.81. The Morgan fingerprint density at radius 3 is 2.56 bits per heavy atom. The number of fused-ring (bicyclic) bond motifs is 5. The molecular formula is C35H48N4O2. The van der Waals surface area contributed by atoms with Crippen LogP contribution in [0.25, 0.3) is 22.2 Å². The number of nitrogens with zero attached hydrogens (tertiary/aromatic N) is 4. The van der Waals surface area contributed by atoms with Gasteiger partial charge in [-0.05, 0) is 107 Å². The number of rotatable bonds is 8. The molecule has 6 nitrogen and oxygen atoms in total. The van der Waals surface area contributed by atoms with Crippen molar-refractivity contribution in [3.05, 3.63) is 53.1 Å². The standard InChI is InChI=1S/C35H48N4O2/c1-25-11-13-30-31(22-25)38(19-18-37-16-7-8-26(24-37)15-17-36(2)3)20-21-39-32-23-28(35(40)41)12-14-29(32)33(34(30)39)27-9-5-4-6-10-27/h11-14,22-23,26-27H,4-10,15-21,24H2,1-3H3,(H,40,41)/t26-/m0/s1. The number of aryl methyl sites for hydroxylation is 1. The van der Waals surface area contributed by atoms with E-state index in [0.29, 0.717) is 11.5 Å². The van der Waals surface area contributed by atoms with E-state index in [9.17, 15) is 9.90 Å². The van der Waals surface area contributed by atoms with Gasteiger partial charge in [0.15, 0.2) is 0 Å². The van der Waals surface area contributed by atoms with Crippen LogP contribution in [0.4, 0.5) is 5.69 Å². The highest BCUT2D eigenvalue weighted by atomic mass is 16.4. The summed E-state index contributed by atoms with van der Waals surface area (Å²) in [6, 6.07) is 12.8. The maximum Gasteiger partial charge on any atom is 0.335 e. The average molecular weight is 557 g/mol. The molecule has 1 atom stereocenters. The number of anilines is 1. The van der Waals surface area contributed by atoms with Crippen LogP contribution >= 0.6 is 0 Å². The molecule has 3 heterocycles. The van der Waals surface area contributed by atoms with Gasteiger partial charge in [-0.1, -0.05) is 37.5 Å². The van der Waals surface area contributed by atoms with Gasteiger partial charge in [-0.3, -0.25) is 0 Å². The summed E-state index contributed by atoms with van der Waals surface area (Å²) in [5.74, 6) is 0.489. The summed E-state index contributed by atoms with van der Waals surface area (Å²) in [6.07, 6.45) is 10.3. The Morgan fingerprint density at radius 2 is 1.78 bits per heavy atom. The lowest BCUT2D eigenvalue weighted by molar-refractivity contribution is 0.0697. The summed E-state index contributed by atoms with van der Waals surface area (Å²) >= 11 is 0. The van der Waals surface area contributed by atoms with Crippen molar-refractivity contribution in [3.63, 3.8) is 0 Å². The SMILES string of the molecule is Cc1ccc2c(c1)N(CCN1CCC[C@@H](CCN(C)C)C1)CCn1c-2c(C2CCCCC2)c2ccc(C(=O)O)cc21. The van der Waals surface area contributed by atoms with Crippen molar-refractivity contribution in [2.24, 2.45) is 5.92 Å². The summed E-state index contributed by atoms with van der Waals surface area (Å²) in [7, 11) is 4.36. The van der Waals surface area contributed by atoms with Crippen LogP contribution in [-0.2, 0) is 6.54 Å². The molecule has 1 saturated carbocycles. The van der Waals surface area contributed by atoms with Gasteiger partial charge in [0.25, 0.3) is 0 Å². The number of hydrogen-bond acceptors (Lipinski definition) is 4. The minimum absolute atomic E-state index is 0.382. The van der Waals surface area contributed by atoms with E-state index in [1.54, 1.807) is 0 Å². The third-order valence-corrected chi connectivity index (χ3v) is 9.98. The summed E-state index contributed by atoms with van der Waals surface area (Å²) in [5, 5.41) is 11.1. The fraction of sp³-hybridized carbons (Fsp3) is 0.571. The van der Waals surface area contributed by atoms with Crippen LogP contribution in [0.15, 0.2) is 36.4 Å². The van der Waals surface area contributed by atoms with Gasteiger partial charge in [-0.2, -0.15) is 0 Å². The summed E-state index contributed by atoms with van der Waals surface area (Å²) in [5.41, 5.74) is 8.25. The van der Waals surface area contributed by atoms with Gasteiger partial charge in [0.05, 0.1) is 11.3 Å². The second-order valence-corrected chi connectivity index (χ2v) is 13.2. The molecule has 1 saturated heterocycles. The molecule has 220 valence electrons. The van der Waals surface area contributed by atoms with Crippen LogP contribution in [0, 0.1) is 12.8 Å². The van der Waals surface area contributed by atoms with Crippen LogP contribution < -0.4 is 4.90 Å². The lowest BCUT2D eigenvalue weighted by Crippen LogP contribution is -2.42. The molecule has 1 aliphatic carbocycles. The minimum atomic E-state index is -0.849. The number of carboxylic acids is 1. The number of aromatic carboxylic acids is 1. The third kappa shape index (κ3) is 5.91. The zero-order chi connectivity index (χ0) is 28.5. The number of aromatic nitrogens is 1. The first-order chi connectivity index (χ1) is 19.9. The Balaban J connectivity index is 1.35. The molecule has 2 aromatic carbocycles. The predicted molar refractivity (Wildman–Crippen MR) is 169 cm³/mol. The van der Waals surface area contributed by atoms with Crippen LogP contribution in [0.5, 0.6) is 0 Å². The first-order valence-electron chi connectivity index (χ1n) is 16.0. The second-order valence-electron chi connectivity index (χ2n) is 13.2. The Kier molecular flexibility index (Phi) is 8.41. The largest absolute Gasteiger partial charge is 0.478 e. The minimum Gasteiger partial charge on any atom is -0.478 e. The molecule has 3 aliphatic rings. The van der Waals surface area contributed by atoms with Gasteiger partial charge < -0.3 is 24.4 Å². The maximum absolute atomic E-state index is 12.0. The molecule has 0 spiro atoms. The van der Waals surface area contributed by atoms with E-state index < -0.39 is 5.97 Å². The molecule has 1 N–H and O–H groups in total. The molecule has 2 fully saturated rings. The lowest BCUT2D eigenvalue weighted by atomic mass is 9.81. The first kappa shape index (κ1) is 28.3. The van der Waals surface area contributed by atoms with Crippen molar-refractivity contribution < 1.29 is 9.90 Å². The predicted octanol–water partition coefficient (Wildman–Crippen LogP) is 6.85. The molecule has 41 heavy (non-hydrogen) atoms. The molecular weight excluding hydrogens is 508 g/mol. The van der Waals surface area contributed by atoms with Gasteiger partial charge in [-0.25, -0.2) is 4.79 Å². The normalized spacial score (nSPS) is 20.3. The molecule has 2 aliphatic heterocycles. The molecule has 1 aromatic heterocycles. The number of likely N-dealkylation sites (tertiary alicyclic amines) is 1. The summed E-state index contributed by atoms with van der Waals surface area (Å²) in [6.45, 7) is 9.75. The first-order valence-corrected chi connectivity index (χ1v) is 16.0. The maximum atomic E-state index is 12.0. The number of carbonyl (C=O) groups is 1. The van der Waals surface area contributed by atoms with Gasteiger partial charge in [-0.15, -0.1) is 0 Å². The van der Waals surface area contributed by atoms with Gasteiger partial charge in [0, 0.05) is 54.9 Å². The average Bonchev–Trinajstić information content (AvgIpc) is 3.21. The zero-order valence-electron chi connectivity index (χ0n) is 25.4. The topological polar surface area (TPSA) is 52.0 Å². The van der Waals surface area contributed by atoms with Crippen LogP contribution in [0.3, 0.4) is 0 Å². The van der Waals surface area contributed by atoms with E-state index in [-0.39, 0.29) is 0 Å². The highest BCUT2D eigenvalue weighted by Crippen LogP contribution is 2.47. The molecule has 0 radical (unpaired) electrons. The quantitative estimate of drug-likeness (QED) is 0.329. The van der Waals surface area contributed by atoms with Crippen molar-refractivity contribution >= 4 is 22.6 Å². The Bertz CT molecular complexity index is 1390. The zero-order valence-corrected chi connectivity index (χ0v) is 25.4. The molecule has 0 amide bonds. The third-order valence-electron chi connectivity index (χ3n) is 9.98. The number of carboxylic acid groups (broad SMARTS) is 1. The molecule has 0 unspecified atom stereocenters. The van der Waals surface area contributed by atoms with Crippen molar-refractivity contribution in [2.75, 3.05) is 58.3 Å². The van der Waals surface area contributed by atoms with E-state index in [1.165, 1.54) is 104 Å². The molecule has 3 aromatic rings. The fourth-order valence-electron chi connectivity index (χ4n) is 7.81. The van der Waals surface area contributed by atoms with E-state index in [0.717, 1.165) is 37.6 Å². The Morgan fingerprint density at radius 1 is 0.951 bits per heavy atom. The van der Waals surface area contributed by atoms with E-state index in [4.69, 9.17) is 0 Å². The Labute approximate surface area is 245 Å². The van der Waals surface area contributed by atoms with Gasteiger partial charge in [0.2, 0.25) is 0 Å². The second kappa shape index (κ2) is 12.2. The molecule has 6 rings (SSSR count). The molecule has 0 bridgehead atoms. The summed E-state index contributed by atoms with van der Waals surface area (Å²) < 4.78 is 2.47. The molecule has 6 heteroatoms. The van der Waals surface area contributed by atoms with E-state index in [2.05, 4.69) is 64.6 Å². The van der Waals surface area contributed by atoms with E-state index in [1.807, 2.05) is 12.1 Å². The Hall–Kier alpha value is -2.83. The van der Waals surface area contributed by atoms with Crippen molar-refractivity contribution in [1.82, 2.24) is 14.4 Å². The van der Waals surface area contributed by atoms with Crippen molar-refractivity contribution in [1.29, 1.82) is 0 Å². The number of piperidine rings is 1. The van der Waals surface area contributed by atoms with Crippen LogP contribution in [-0.4, -0.2) is 78.8 Å². The lowest BCUT2D eigenvalue weighted by Gasteiger charge is -2.35. The van der Waals surface area contributed by atoms with Crippen LogP contribution in [0.1, 0.15) is 78.8 Å². The van der Waals surface area contributed by atoms with Crippen molar-refractivity contribution in [3.8, 4) is 11.3 Å².